The predicted molar refractivity (Wildman–Crippen MR) is 107 cm³/mol. The molecule has 0 radical (unpaired) electrons. The normalized spacial score (nSPS) is 12.2. The van der Waals surface area contributed by atoms with Gasteiger partial charge in [-0.25, -0.2) is 4.79 Å². The smallest absolute Gasteiger partial charge is 0.330 e. The molecule has 0 heterocycles. The summed E-state index contributed by atoms with van der Waals surface area (Å²) in [6.07, 6.45) is 1.88. The molecule has 0 fully saturated rings. The standard InChI is InChI=1S/C20H30N2O5/c1-7-15(11-19(23)27-6)16-8-9-17(18(10-16)22(25)26)21(12-14(2)3)13-20(4,5)24/h8-11,14,24H,7,12-13H2,1-6H3/b15-11+. The van der Waals surface area contributed by atoms with E-state index in [0.717, 1.165) is 0 Å². The molecule has 27 heavy (non-hydrogen) atoms. The molecule has 7 heteroatoms. The number of nitro benzene ring substituents is 1. The number of allylic oxidation sites excluding steroid dienone is 1. The van der Waals surface area contributed by atoms with Gasteiger partial charge in [0.25, 0.3) is 5.69 Å². The van der Waals surface area contributed by atoms with Crippen LogP contribution in [0, 0.1) is 16.0 Å². The molecular formula is C20H30N2O5. The van der Waals surface area contributed by atoms with Crippen molar-refractivity contribution in [3.05, 3.63) is 40.0 Å². The fourth-order valence-corrected chi connectivity index (χ4v) is 2.88. The number of hydrogen-bond donors (Lipinski definition) is 1. The first-order valence-corrected chi connectivity index (χ1v) is 9.03. The third kappa shape index (κ3) is 7.02. The molecule has 1 aromatic rings. The lowest BCUT2D eigenvalue weighted by molar-refractivity contribution is -0.384. The van der Waals surface area contributed by atoms with Gasteiger partial charge in [-0.2, -0.15) is 0 Å². The Morgan fingerprint density at radius 2 is 2.04 bits per heavy atom. The first-order valence-electron chi connectivity index (χ1n) is 9.03. The summed E-state index contributed by atoms with van der Waals surface area (Å²) in [6, 6.07) is 4.92. The van der Waals surface area contributed by atoms with Crippen LogP contribution in [0.25, 0.3) is 5.57 Å². The minimum Gasteiger partial charge on any atom is -0.466 e. The first-order chi connectivity index (χ1) is 12.5. The summed E-state index contributed by atoms with van der Waals surface area (Å²) in [5.41, 5.74) is 0.663. The summed E-state index contributed by atoms with van der Waals surface area (Å²) in [5, 5.41) is 22.0. The number of aliphatic hydroxyl groups is 1. The molecule has 0 aliphatic carbocycles. The van der Waals surface area contributed by atoms with Crippen LogP contribution in [-0.4, -0.2) is 41.8 Å². The Bertz CT molecular complexity index is 705. The molecule has 0 spiro atoms. The minimum absolute atomic E-state index is 0.0541. The van der Waals surface area contributed by atoms with Gasteiger partial charge in [0, 0.05) is 25.2 Å². The highest BCUT2D eigenvalue weighted by atomic mass is 16.6. The zero-order valence-electron chi connectivity index (χ0n) is 17.0. The third-order valence-corrected chi connectivity index (χ3v) is 3.92. The summed E-state index contributed by atoms with van der Waals surface area (Å²) in [6.45, 7) is 10.1. The fraction of sp³-hybridized carbons (Fsp3) is 0.550. The van der Waals surface area contributed by atoms with Gasteiger partial charge >= 0.3 is 5.97 Å². The van der Waals surface area contributed by atoms with E-state index in [1.165, 1.54) is 19.3 Å². The molecule has 0 aromatic heterocycles. The molecule has 7 nitrogen and oxygen atoms in total. The zero-order valence-corrected chi connectivity index (χ0v) is 17.0. The Labute approximate surface area is 160 Å². The number of methoxy groups -OCH3 is 1. The third-order valence-electron chi connectivity index (χ3n) is 3.92. The van der Waals surface area contributed by atoms with Crippen molar-refractivity contribution in [3.8, 4) is 0 Å². The van der Waals surface area contributed by atoms with Crippen molar-refractivity contribution in [2.45, 2.75) is 46.6 Å². The van der Waals surface area contributed by atoms with Gasteiger partial charge in [0.15, 0.2) is 0 Å². The van der Waals surface area contributed by atoms with Gasteiger partial charge < -0.3 is 14.7 Å². The number of carbonyl (C=O) groups is 1. The van der Waals surface area contributed by atoms with Gasteiger partial charge in [-0.15, -0.1) is 0 Å². The van der Waals surface area contributed by atoms with Crippen molar-refractivity contribution in [2.75, 3.05) is 25.1 Å². The molecule has 1 rings (SSSR count). The van der Waals surface area contributed by atoms with E-state index in [1.54, 1.807) is 26.0 Å². The number of nitrogens with zero attached hydrogens (tertiary/aromatic N) is 2. The van der Waals surface area contributed by atoms with Crippen LogP contribution in [0.5, 0.6) is 0 Å². The second-order valence-corrected chi connectivity index (χ2v) is 7.59. The molecule has 0 bridgehead atoms. The number of anilines is 1. The van der Waals surface area contributed by atoms with Crippen LogP contribution in [0.15, 0.2) is 24.3 Å². The summed E-state index contributed by atoms with van der Waals surface area (Å²) in [4.78, 5) is 24.7. The Balaban J connectivity index is 3.45. The molecule has 0 aliphatic rings. The maximum Gasteiger partial charge on any atom is 0.330 e. The quantitative estimate of drug-likeness (QED) is 0.304. The fourth-order valence-electron chi connectivity index (χ4n) is 2.88. The van der Waals surface area contributed by atoms with Crippen LogP contribution in [0.2, 0.25) is 0 Å². The van der Waals surface area contributed by atoms with E-state index in [-0.39, 0.29) is 18.2 Å². The Hall–Kier alpha value is -2.41. The summed E-state index contributed by atoms with van der Waals surface area (Å²) in [7, 11) is 1.29. The Morgan fingerprint density at radius 1 is 1.41 bits per heavy atom. The van der Waals surface area contributed by atoms with E-state index in [2.05, 4.69) is 4.74 Å². The van der Waals surface area contributed by atoms with Gasteiger partial charge in [-0.1, -0.05) is 26.8 Å². The number of esters is 1. The molecule has 1 N–H and O–H groups in total. The van der Waals surface area contributed by atoms with E-state index in [0.29, 0.717) is 29.8 Å². The molecule has 150 valence electrons. The van der Waals surface area contributed by atoms with Crippen LogP contribution in [0.4, 0.5) is 11.4 Å². The summed E-state index contributed by atoms with van der Waals surface area (Å²) >= 11 is 0. The molecule has 0 amide bonds. The molecule has 0 saturated carbocycles. The highest BCUT2D eigenvalue weighted by Crippen LogP contribution is 2.33. The van der Waals surface area contributed by atoms with Crippen LogP contribution >= 0.6 is 0 Å². The van der Waals surface area contributed by atoms with E-state index < -0.39 is 16.5 Å². The lowest BCUT2D eigenvalue weighted by Crippen LogP contribution is -2.40. The average molecular weight is 378 g/mol. The SMILES string of the molecule is CC/C(=C\C(=O)OC)c1ccc(N(CC(C)C)CC(C)(C)O)c([N+](=O)[O-])c1. The van der Waals surface area contributed by atoms with Gasteiger partial charge in [-0.3, -0.25) is 10.1 Å². The second kappa shape index (κ2) is 9.50. The first kappa shape index (κ1) is 22.6. The Kier molecular flexibility index (Phi) is 7.97. The van der Waals surface area contributed by atoms with Crippen molar-refractivity contribution >= 4 is 22.9 Å². The number of ether oxygens (including phenoxy) is 1. The molecule has 1 aromatic carbocycles. The monoisotopic (exact) mass is 378 g/mol. The summed E-state index contributed by atoms with van der Waals surface area (Å²) in [5.74, 6) is -0.237. The molecule has 0 saturated heterocycles. The number of hydrogen-bond acceptors (Lipinski definition) is 6. The zero-order chi connectivity index (χ0) is 20.8. The maximum absolute atomic E-state index is 11.7. The average Bonchev–Trinajstić information content (AvgIpc) is 2.56. The van der Waals surface area contributed by atoms with E-state index in [1.807, 2.05) is 25.7 Å². The minimum atomic E-state index is -0.999. The van der Waals surface area contributed by atoms with Gasteiger partial charge in [0.2, 0.25) is 0 Å². The topological polar surface area (TPSA) is 92.9 Å². The maximum atomic E-state index is 11.7. The second-order valence-electron chi connectivity index (χ2n) is 7.59. The van der Waals surface area contributed by atoms with E-state index >= 15 is 0 Å². The lowest BCUT2D eigenvalue weighted by Gasteiger charge is -2.32. The highest BCUT2D eigenvalue weighted by molar-refractivity contribution is 5.91. The number of carbonyl (C=O) groups excluding carboxylic acids is 1. The molecule has 0 aliphatic heterocycles. The van der Waals surface area contributed by atoms with Crippen LogP contribution in [-0.2, 0) is 9.53 Å². The van der Waals surface area contributed by atoms with Gasteiger partial charge in [-0.05, 0) is 43.4 Å². The van der Waals surface area contributed by atoms with E-state index in [9.17, 15) is 20.0 Å². The van der Waals surface area contributed by atoms with Crippen LogP contribution in [0.1, 0.15) is 46.6 Å². The van der Waals surface area contributed by atoms with Crippen molar-refractivity contribution in [2.24, 2.45) is 5.92 Å². The molecule has 0 unspecified atom stereocenters. The van der Waals surface area contributed by atoms with Crippen molar-refractivity contribution in [1.29, 1.82) is 0 Å². The number of benzene rings is 1. The van der Waals surface area contributed by atoms with Crippen molar-refractivity contribution in [1.82, 2.24) is 0 Å². The number of rotatable bonds is 9. The summed E-state index contributed by atoms with van der Waals surface area (Å²) < 4.78 is 4.66. The number of nitro groups is 1. The highest BCUT2D eigenvalue weighted by Gasteiger charge is 2.26. The van der Waals surface area contributed by atoms with Crippen LogP contribution < -0.4 is 4.90 Å². The largest absolute Gasteiger partial charge is 0.466 e. The van der Waals surface area contributed by atoms with Gasteiger partial charge in [0.1, 0.15) is 5.69 Å². The molecule has 0 atom stereocenters. The van der Waals surface area contributed by atoms with Crippen LogP contribution in [0.3, 0.4) is 0 Å². The van der Waals surface area contributed by atoms with Gasteiger partial charge in [0.05, 0.1) is 17.6 Å². The van der Waals surface area contributed by atoms with E-state index in [4.69, 9.17) is 0 Å². The Morgan fingerprint density at radius 3 is 2.48 bits per heavy atom. The predicted octanol–water partition coefficient (Wildman–Crippen LogP) is 3.79. The van der Waals surface area contributed by atoms with Crippen molar-refractivity contribution < 1.29 is 19.6 Å². The van der Waals surface area contributed by atoms with Crippen molar-refractivity contribution in [3.63, 3.8) is 0 Å². The lowest BCUT2D eigenvalue weighted by atomic mass is 10.0. The molecular weight excluding hydrogens is 348 g/mol.